The molecule has 0 atom stereocenters. The topological polar surface area (TPSA) is 42.0 Å². The Morgan fingerprint density at radius 3 is 2.39 bits per heavy atom. The standard InChI is InChI=1S/C27H29F3N2O3S/c28-27(29,30)22-17-19(3-7-25(22)36-21-5-6-23-24(18-21)35-16-15-34-23)4-8-26(33)32-13-9-20(10-14-32)31-11-1-2-12-31/h3-8,17-18,20H,1-2,9-16H2/b8-4+. The lowest BCUT2D eigenvalue weighted by Crippen LogP contribution is -2.45. The Morgan fingerprint density at radius 2 is 1.67 bits per heavy atom. The van der Waals surface area contributed by atoms with Gasteiger partial charge in [-0.2, -0.15) is 13.2 Å². The van der Waals surface area contributed by atoms with Crippen LogP contribution in [0.1, 0.15) is 36.8 Å². The molecule has 0 aliphatic carbocycles. The first kappa shape index (κ1) is 25.0. The largest absolute Gasteiger partial charge is 0.486 e. The first-order valence-electron chi connectivity index (χ1n) is 12.4. The molecule has 5 rings (SSSR count). The summed E-state index contributed by atoms with van der Waals surface area (Å²) < 4.78 is 52.7. The monoisotopic (exact) mass is 518 g/mol. The van der Waals surface area contributed by atoms with Crippen LogP contribution >= 0.6 is 11.8 Å². The van der Waals surface area contributed by atoms with Crippen molar-refractivity contribution in [1.29, 1.82) is 0 Å². The van der Waals surface area contributed by atoms with Crippen LogP contribution in [0.15, 0.2) is 52.3 Å². The van der Waals surface area contributed by atoms with Crippen molar-refractivity contribution in [2.75, 3.05) is 39.4 Å². The molecule has 2 aromatic rings. The van der Waals surface area contributed by atoms with Gasteiger partial charge in [-0.3, -0.25) is 4.79 Å². The van der Waals surface area contributed by atoms with Gasteiger partial charge >= 0.3 is 6.18 Å². The second kappa shape index (κ2) is 10.8. The zero-order valence-corrected chi connectivity index (χ0v) is 20.7. The zero-order chi connectivity index (χ0) is 25.1. The van der Waals surface area contributed by atoms with Crippen LogP contribution in [0.3, 0.4) is 0 Å². The highest BCUT2D eigenvalue weighted by atomic mass is 32.2. The van der Waals surface area contributed by atoms with E-state index in [-0.39, 0.29) is 10.8 Å². The number of hydrogen-bond acceptors (Lipinski definition) is 5. The highest BCUT2D eigenvalue weighted by Crippen LogP contribution is 2.42. The van der Waals surface area contributed by atoms with Gasteiger partial charge in [0, 0.05) is 35.0 Å². The molecule has 3 aliphatic heterocycles. The van der Waals surface area contributed by atoms with Crippen molar-refractivity contribution in [1.82, 2.24) is 9.80 Å². The SMILES string of the molecule is O=C(/C=C/c1ccc(Sc2ccc3c(c2)OCCO3)c(C(F)(F)F)c1)N1CCC(N2CCCC2)CC1. The number of likely N-dealkylation sites (tertiary alicyclic amines) is 2. The van der Waals surface area contributed by atoms with Gasteiger partial charge in [0.2, 0.25) is 5.91 Å². The van der Waals surface area contributed by atoms with Gasteiger partial charge < -0.3 is 19.3 Å². The lowest BCUT2D eigenvalue weighted by Gasteiger charge is -2.36. The summed E-state index contributed by atoms with van der Waals surface area (Å²) in [6.07, 6.45) is 2.72. The summed E-state index contributed by atoms with van der Waals surface area (Å²) in [5, 5.41) is 0. The minimum absolute atomic E-state index is 0.0895. The van der Waals surface area contributed by atoms with Crippen LogP contribution in [0.25, 0.3) is 6.08 Å². The average molecular weight is 519 g/mol. The molecule has 1 amide bonds. The summed E-state index contributed by atoms with van der Waals surface area (Å²) in [6, 6.07) is 9.82. The highest BCUT2D eigenvalue weighted by molar-refractivity contribution is 7.99. The number of alkyl halides is 3. The molecule has 2 saturated heterocycles. The van der Waals surface area contributed by atoms with E-state index in [1.807, 2.05) is 0 Å². The Bertz CT molecular complexity index is 1120. The van der Waals surface area contributed by atoms with Crippen molar-refractivity contribution < 1.29 is 27.4 Å². The minimum atomic E-state index is -4.53. The molecule has 3 aliphatic rings. The Morgan fingerprint density at radius 1 is 0.944 bits per heavy atom. The number of benzene rings is 2. The molecule has 5 nitrogen and oxygen atoms in total. The van der Waals surface area contributed by atoms with Gasteiger partial charge in [-0.1, -0.05) is 17.8 Å². The molecular weight excluding hydrogens is 489 g/mol. The molecule has 0 N–H and O–H groups in total. The molecule has 0 saturated carbocycles. The van der Waals surface area contributed by atoms with Crippen molar-refractivity contribution in [3.8, 4) is 11.5 Å². The maximum Gasteiger partial charge on any atom is 0.417 e. The molecule has 0 spiro atoms. The van der Waals surface area contributed by atoms with E-state index in [9.17, 15) is 18.0 Å². The minimum Gasteiger partial charge on any atom is -0.486 e. The van der Waals surface area contributed by atoms with Gasteiger partial charge in [-0.15, -0.1) is 0 Å². The summed E-state index contributed by atoms with van der Waals surface area (Å²) >= 11 is 1.02. The number of fused-ring (bicyclic) bond motifs is 1. The predicted octanol–water partition coefficient (Wildman–Crippen LogP) is 5.73. The van der Waals surface area contributed by atoms with Crippen LogP contribution < -0.4 is 9.47 Å². The number of halogens is 3. The molecule has 3 heterocycles. The lowest BCUT2D eigenvalue weighted by atomic mass is 10.0. The Hall–Kier alpha value is -2.65. The first-order chi connectivity index (χ1) is 17.4. The molecule has 36 heavy (non-hydrogen) atoms. The Labute approximate surface area is 213 Å². The Balaban J connectivity index is 1.26. The van der Waals surface area contributed by atoms with Crippen LogP contribution in [-0.4, -0.2) is 61.1 Å². The van der Waals surface area contributed by atoms with Gasteiger partial charge in [0.15, 0.2) is 11.5 Å². The summed E-state index contributed by atoms with van der Waals surface area (Å²) in [6.45, 7) is 4.51. The van der Waals surface area contributed by atoms with E-state index >= 15 is 0 Å². The van der Waals surface area contributed by atoms with E-state index in [1.54, 1.807) is 29.2 Å². The predicted molar refractivity (Wildman–Crippen MR) is 132 cm³/mol. The van der Waals surface area contributed by atoms with Crippen molar-refractivity contribution in [3.63, 3.8) is 0 Å². The lowest BCUT2D eigenvalue weighted by molar-refractivity contribution is -0.139. The second-order valence-corrected chi connectivity index (χ2v) is 10.4. The summed E-state index contributed by atoms with van der Waals surface area (Å²) in [7, 11) is 0. The Kier molecular flexibility index (Phi) is 7.48. The molecule has 0 unspecified atom stereocenters. The van der Waals surface area contributed by atoms with Gasteiger partial charge in [0.05, 0.1) is 5.56 Å². The third kappa shape index (κ3) is 5.83. The third-order valence-electron chi connectivity index (χ3n) is 6.90. The fourth-order valence-corrected chi connectivity index (χ4v) is 5.98. The normalized spacial score (nSPS) is 19.2. The van der Waals surface area contributed by atoms with Gasteiger partial charge in [0.25, 0.3) is 0 Å². The summed E-state index contributed by atoms with van der Waals surface area (Å²) in [5.74, 6) is 0.965. The maximum atomic E-state index is 13.9. The van der Waals surface area contributed by atoms with E-state index in [2.05, 4.69) is 4.90 Å². The number of nitrogens with zero attached hydrogens (tertiary/aromatic N) is 2. The summed E-state index contributed by atoms with van der Waals surface area (Å²) in [4.78, 5) is 17.7. The maximum absolute atomic E-state index is 13.9. The fourth-order valence-electron chi connectivity index (χ4n) is 5.01. The van der Waals surface area contributed by atoms with Crippen LogP contribution in [0.2, 0.25) is 0 Å². The fraction of sp³-hybridized carbons (Fsp3) is 0.444. The molecule has 2 aromatic carbocycles. The van der Waals surface area contributed by atoms with Gasteiger partial charge in [0.1, 0.15) is 13.2 Å². The van der Waals surface area contributed by atoms with E-state index in [4.69, 9.17) is 9.47 Å². The number of rotatable bonds is 5. The van der Waals surface area contributed by atoms with Crippen molar-refractivity contribution in [2.45, 2.75) is 47.7 Å². The molecule has 9 heteroatoms. The average Bonchev–Trinajstić information content (AvgIpc) is 3.42. The van der Waals surface area contributed by atoms with Crippen molar-refractivity contribution in [3.05, 3.63) is 53.6 Å². The number of hydrogen-bond donors (Lipinski definition) is 0. The molecular formula is C27H29F3N2O3S. The highest BCUT2D eigenvalue weighted by Gasteiger charge is 2.34. The van der Waals surface area contributed by atoms with Crippen LogP contribution in [-0.2, 0) is 11.0 Å². The van der Waals surface area contributed by atoms with E-state index in [1.165, 1.54) is 31.1 Å². The number of carbonyl (C=O) groups is 1. The quantitative estimate of drug-likeness (QED) is 0.473. The van der Waals surface area contributed by atoms with Crippen LogP contribution in [0, 0.1) is 0 Å². The van der Waals surface area contributed by atoms with Crippen LogP contribution in [0.5, 0.6) is 11.5 Å². The number of ether oxygens (including phenoxy) is 2. The number of amides is 1. The van der Waals surface area contributed by atoms with E-state index in [0.29, 0.717) is 54.3 Å². The van der Waals surface area contributed by atoms with Gasteiger partial charge in [-0.25, -0.2) is 0 Å². The van der Waals surface area contributed by atoms with Crippen molar-refractivity contribution in [2.24, 2.45) is 0 Å². The smallest absolute Gasteiger partial charge is 0.417 e. The molecule has 0 bridgehead atoms. The molecule has 192 valence electrons. The van der Waals surface area contributed by atoms with Crippen molar-refractivity contribution >= 4 is 23.7 Å². The first-order valence-corrected chi connectivity index (χ1v) is 13.2. The number of carbonyl (C=O) groups excluding carboxylic acids is 1. The van der Waals surface area contributed by atoms with Crippen LogP contribution in [0.4, 0.5) is 13.2 Å². The van der Waals surface area contributed by atoms with E-state index in [0.717, 1.165) is 43.8 Å². The second-order valence-electron chi connectivity index (χ2n) is 9.29. The molecule has 2 fully saturated rings. The van der Waals surface area contributed by atoms with E-state index < -0.39 is 11.7 Å². The van der Waals surface area contributed by atoms with Gasteiger partial charge in [-0.05, 0) is 80.7 Å². The summed E-state index contributed by atoms with van der Waals surface area (Å²) in [5.41, 5.74) is -0.391. The third-order valence-corrected chi connectivity index (χ3v) is 7.97. The number of piperidine rings is 1. The molecule has 0 radical (unpaired) electrons. The zero-order valence-electron chi connectivity index (χ0n) is 19.9. The molecule has 0 aromatic heterocycles.